The van der Waals surface area contributed by atoms with Crippen molar-refractivity contribution in [3.63, 3.8) is 0 Å². The topological polar surface area (TPSA) is 68.2 Å². The fourth-order valence-electron chi connectivity index (χ4n) is 2.32. The molecule has 1 unspecified atom stereocenters. The van der Waals surface area contributed by atoms with Crippen molar-refractivity contribution in [2.24, 2.45) is 7.05 Å². The molecule has 0 aliphatic carbocycles. The van der Waals surface area contributed by atoms with Gasteiger partial charge in [-0.1, -0.05) is 0 Å². The Kier molecular flexibility index (Phi) is 6.29. The molecule has 1 fully saturated rings. The predicted molar refractivity (Wildman–Crippen MR) is 79.5 cm³/mol. The molecular weight excluding hydrogens is 280 g/mol. The Labute approximate surface area is 125 Å². The zero-order valence-electron chi connectivity index (χ0n) is 12.2. The highest BCUT2D eigenvalue weighted by molar-refractivity contribution is 5.85. The maximum absolute atomic E-state index is 11.7. The van der Waals surface area contributed by atoms with Crippen molar-refractivity contribution in [1.29, 1.82) is 0 Å². The van der Waals surface area contributed by atoms with Crippen LogP contribution in [0.15, 0.2) is 0 Å². The number of carbonyl (C=O) groups excluding carboxylic acids is 1. The van der Waals surface area contributed by atoms with E-state index in [1.54, 1.807) is 4.68 Å². The number of hydrogen-bond donors (Lipinski definition) is 2. The van der Waals surface area contributed by atoms with Crippen molar-refractivity contribution in [3.8, 4) is 5.75 Å². The third kappa shape index (κ3) is 4.11. The summed E-state index contributed by atoms with van der Waals surface area (Å²) in [7, 11) is 1.86. The van der Waals surface area contributed by atoms with Crippen LogP contribution in [0.1, 0.15) is 24.2 Å². The summed E-state index contributed by atoms with van der Waals surface area (Å²) in [4.78, 5) is 11.7. The largest absolute Gasteiger partial charge is 0.480 e. The van der Waals surface area contributed by atoms with E-state index in [0.29, 0.717) is 18.3 Å². The van der Waals surface area contributed by atoms with Crippen molar-refractivity contribution < 1.29 is 9.53 Å². The number of ether oxygens (including phenoxy) is 1. The van der Waals surface area contributed by atoms with Gasteiger partial charge in [-0.05, 0) is 33.2 Å². The van der Waals surface area contributed by atoms with E-state index in [-0.39, 0.29) is 24.9 Å². The Morgan fingerprint density at radius 3 is 2.85 bits per heavy atom. The molecule has 2 heterocycles. The molecule has 0 radical (unpaired) electrons. The van der Waals surface area contributed by atoms with Gasteiger partial charge in [-0.25, -0.2) is 0 Å². The highest BCUT2D eigenvalue weighted by Gasteiger charge is 2.16. The van der Waals surface area contributed by atoms with Crippen LogP contribution in [0.4, 0.5) is 0 Å². The number of aromatic nitrogens is 2. The van der Waals surface area contributed by atoms with Gasteiger partial charge in [0, 0.05) is 19.6 Å². The van der Waals surface area contributed by atoms with Gasteiger partial charge in [-0.3, -0.25) is 9.48 Å². The van der Waals surface area contributed by atoms with Crippen LogP contribution >= 0.6 is 12.4 Å². The molecule has 1 aliphatic heterocycles. The molecule has 20 heavy (non-hydrogen) atoms. The summed E-state index contributed by atoms with van der Waals surface area (Å²) < 4.78 is 7.30. The first-order valence-corrected chi connectivity index (χ1v) is 6.71. The molecule has 0 bridgehead atoms. The van der Waals surface area contributed by atoms with E-state index < -0.39 is 0 Å². The second-order valence-corrected chi connectivity index (χ2v) is 5.01. The highest BCUT2D eigenvalue weighted by Crippen LogP contribution is 2.20. The van der Waals surface area contributed by atoms with Crippen LogP contribution < -0.4 is 15.4 Å². The molecule has 7 heteroatoms. The van der Waals surface area contributed by atoms with Gasteiger partial charge in [0.1, 0.15) is 5.69 Å². The third-order valence-corrected chi connectivity index (χ3v) is 3.50. The Morgan fingerprint density at radius 2 is 2.30 bits per heavy atom. The number of rotatable bonds is 5. The van der Waals surface area contributed by atoms with Gasteiger partial charge >= 0.3 is 0 Å². The Morgan fingerprint density at radius 1 is 1.55 bits per heavy atom. The molecule has 0 saturated carbocycles. The van der Waals surface area contributed by atoms with Gasteiger partial charge in [0.2, 0.25) is 0 Å². The molecule has 2 N–H and O–H groups in total. The number of nitrogens with one attached hydrogen (secondary N) is 2. The monoisotopic (exact) mass is 302 g/mol. The summed E-state index contributed by atoms with van der Waals surface area (Å²) >= 11 is 0. The van der Waals surface area contributed by atoms with Gasteiger partial charge in [0.25, 0.3) is 5.91 Å². The standard InChI is InChI=1S/C13H22N4O2.ClH/c1-9-13(10(2)17(3)16-9)19-8-12(18)15-7-11-5-4-6-14-11;/h11,14H,4-8H2,1-3H3,(H,15,18);1H. The molecule has 0 spiro atoms. The SMILES string of the molecule is Cc1nn(C)c(C)c1OCC(=O)NCC1CCCN1.Cl. The summed E-state index contributed by atoms with van der Waals surface area (Å²) in [5.74, 6) is 0.619. The Bertz CT molecular complexity index is 455. The van der Waals surface area contributed by atoms with Crippen LogP contribution in [0, 0.1) is 13.8 Å². The lowest BCUT2D eigenvalue weighted by Gasteiger charge is -2.12. The summed E-state index contributed by atoms with van der Waals surface area (Å²) in [6.45, 7) is 5.57. The van der Waals surface area contributed by atoms with Crippen LogP contribution in [-0.4, -0.2) is 41.4 Å². The number of halogens is 1. The van der Waals surface area contributed by atoms with Crippen molar-refractivity contribution >= 4 is 18.3 Å². The van der Waals surface area contributed by atoms with Crippen molar-refractivity contribution in [2.45, 2.75) is 32.7 Å². The number of nitrogens with zero attached hydrogens (tertiary/aromatic N) is 2. The average Bonchev–Trinajstić information content (AvgIpc) is 2.96. The van der Waals surface area contributed by atoms with E-state index >= 15 is 0 Å². The first kappa shape index (κ1) is 16.8. The lowest BCUT2D eigenvalue weighted by atomic mass is 10.2. The minimum absolute atomic E-state index is 0. The van der Waals surface area contributed by atoms with Crippen molar-refractivity contribution in [1.82, 2.24) is 20.4 Å². The first-order chi connectivity index (χ1) is 9.08. The third-order valence-electron chi connectivity index (χ3n) is 3.50. The number of hydrogen-bond acceptors (Lipinski definition) is 4. The zero-order chi connectivity index (χ0) is 13.8. The van der Waals surface area contributed by atoms with Gasteiger partial charge in [0.15, 0.2) is 12.4 Å². The van der Waals surface area contributed by atoms with Gasteiger partial charge in [-0.2, -0.15) is 5.10 Å². The van der Waals surface area contributed by atoms with Crippen molar-refractivity contribution in [3.05, 3.63) is 11.4 Å². The van der Waals surface area contributed by atoms with Gasteiger partial charge in [0.05, 0.1) is 5.69 Å². The minimum Gasteiger partial charge on any atom is -0.480 e. The molecule has 1 aromatic rings. The van der Waals surface area contributed by atoms with E-state index in [0.717, 1.165) is 24.4 Å². The Hall–Kier alpha value is -1.27. The summed E-state index contributed by atoms with van der Waals surface area (Å²) in [6.07, 6.45) is 2.31. The molecule has 1 aromatic heterocycles. The second kappa shape index (κ2) is 7.50. The summed E-state index contributed by atoms with van der Waals surface area (Å²) in [5.41, 5.74) is 1.74. The van der Waals surface area contributed by atoms with Crippen LogP contribution in [0.3, 0.4) is 0 Å². The predicted octanol–water partition coefficient (Wildman–Crippen LogP) is 0.706. The van der Waals surface area contributed by atoms with Crippen molar-refractivity contribution in [2.75, 3.05) is 19.7 Å². The second-order valence-electron chi connectivity index (χ2n) is 5.01. The zero-order valence-corrected chi connectivity index (χ0v) is 13.0. The van der Waals surface area contributed by atoms with Gasteiger partial charge in [-0.15, -0.1) is 12.4 Å². The molecule has 1 aliphatic rings. The molecule has 0 aromatic carbocycles. The molecule has 1 atom stereocenters. The molecule has 114 valence electrons. The van der Waals surface area contributed by atoms with E-state index in [1.165, 1.54) is 6.42 Å². The number of carbonyl (C=O) groups is 1. The first-order valence-electron chi connectivity index (χ1n) is 6.71. The van der Waals surface area contributed by atoms with Crippen LogP contribution in [0.25, 0.3) is 0 Å². The maximum Gasteiger partial charge on any atom is 0.257 e. The van der Waals surface area contributed by atoms with Crippen LogP contribution in [-0.2, 0) is 11.8 Å². The molecule has 2 rings (SSSR count). The number of amides is 1. The highest BCUT2D eigenvalue weighted by atomic mass is 35.5. The maximum atomic E-state index is 11.7. The lowest BCUT2D eigenvalue weighted by molar-refractivity contribution is -0.123. The lowest BCUT2D eigenvalue weighted by Crippen LogP contribution is -2.39. The number of aryl methyl sites for hydroxylation is 2. The minimum atomic E-state index is -0.0867. The fraction of sp³-hybridized carbons (Fsp3) is 0.692. The van der Waals surface area contributed by atoms with E-state index in [2.05, 4.69) is 15.7 Å². The molecular formula is C13H23ClN4O2. The Balaban J connectivity index is 0.00000200. The molecule has 1 saturated heterocycles. The molecule has 6 nitrogen and oxygen atoms in total. The van der Waals surface area contributed by atoms with E-state index in [9.17, 15) is 4.79 Å². The average molecular weight is 303 g/mol. The summed E-state index contributed by atoms with van der Waals surface area (Å²) in [5, 5.41) is 10.5. The fourth-order valence-corrected chi connectivity index (χ4v) is 2.32. The van der Waals surface area contributed by atoms with Gasteiger partial charge < -0.3 is 15.4 Å². The smallest absolute Gasteiger partial charge is 0.257 e. The van der Waals surface area contributed by atoms with Crippen LogP contribution in [0.5, 0.6) is 5.75 Å². The quantitative estimate of drug-likeness (QED) is 0.840. The van der Waals surface area contributed by atoms with E-state index in [4.69, 9.17) is 4.74 Å². The summed E-state index contributed by atoms with van der Waals surface area (Å²) in [6, 6.07) is 0.408. The molecule has 1 amide bonds. The normalized spacial score (nSPS) is 17.6. The van der Waals surface area contributed by atoms with Crippen LogP contribution in [0.2, 0.25) is 0 Å². The van der Waals surface area contributed by atoms with E-state index in [1.807, 2.05) is 20.9 Å².